The fourth-order valence-corrected chi connectivity index (χ4v) is 5.12. The van der Waals surface area contributed by atoms with Crippen molar-refractivity contribution in [2.75, 3.05) is 30.9 Å². The average Bonchev–Trinajstić information content (AvgIpc) is 2.86. The highest BCUT2D eigenvalue weighted by Gasteiger charge is 2.28. The fourth-order valence-electron chi connectivity index (χ4n) is 2.41. The van der Waals surface area contributed by atoms with Gasteiger partial charge in [-0.25, -0.2) is 8.42 Å². The Balaban J connectivity index is 0.00000288. The zero-order valence-electron chi connectivity index (χ0n) is 13.6. The van der Waals surface area contributed by atoms with Crippen LogP contribution in [-0.2, 0) is 26.4 Å². The van der Waals surface area contributed by atoms with Crippen molar-refractivity contribution in [3.63, 3.8) is 0 Å². The van der Waals surface area contributed by atoms with Gasteiger partial charge in [0.05, 0.1) is 11.5 Å². The van der Waals surface area contributed by atoms with E-state index in [1.54, 1.807) is 7.05 Å². The molecule has 1 fully saturated rings. The molecule has 1 heterocycles. The number of nitrogens with one attached hydrogen (secondary N) is 2. The maximum absolute atomic E-state index is 12.0. The Morgan fingerprint density at radius 2 is 2.04 bits per heavy atom. The van der Waals surface area contributed by atoms with E-state index in [1.807, 2.05) is 30.3 Å². The molecular formula is C15H24IN3O3S2. The number of rotatable bonds is 6. The van der Waals surface area contributed by atoms with Gasteiger partial charge in [0.25, 0.3) is 0 Å². The largest absolute Gasteiger partial charge is 0.355 e. The van der Waals surface area contributed by atoms with Crippen LogP contribution in [0.25, 0.3) is 0 Å². The molecule has 2 atom stereocenters. The standard InChI is InChI=1S/C15H23N3O3S2.HI/c1-16-15(18-14-7-10-23(20,21)12-14)17-8-9-22(19)11-13-5-3-2-4-6-13;/h2-6,14H,7-12H2,1H3,(H2,16,17,18);1H. The first-order valence-electron chi connectivity index (χ1n) is 7.55. The van der Waals surface area contributed by atoms with Gasteiger partial charge in [0.2, 0.25) is 0 Å². The smallest absolute Gasteiger partial charge is 0.191 e. The zero-order valence-corrected chi connectivity index (χ0v) is 17.6. The van der Waals surface area contributed by atoms with Gasteiger partial charge in [0.1, 0.15) is 0 Å². The third kappa shape index (κ3) is 7.47. The topological polar surface area (TPSA) is 87.6 Å². The van der Waals surface area contributed by atoms with Crippen molar-refractivity contribution in [2.24, 2.45) is 4.99 Å². The molecule has 0 saturated carbocycles. The Hall–Kier alpha value is -0.680. The lowest BCUT2D eigenvalue weighted by atomic mass is 10.2. The summed E-state index contributed by atoms with van der Waals surface area (Å²) in [7, 11) is -2.22. The van der Waals surface area contributed by atoms with Crippen LogP contribution >= 0.6 is 24.0 Å². The van der Waals surface area contributed by atoms with E-state index in [9.17, 15) is 12.6 Å². The van der Waals surface area contributed by atoms with Crippen LogP contribution in [0.5, 0.6) is 0 Å². The van der Waals surface area contributed by atoms with Crippen molar-refractivity contribution < 1.29 is 12.6 Å². The van der Waals surface area contributed by atoms with E-state index in [4.69, 9.17) is 0 Å². The summed E-state index contributed by atoms with van der Waals surface area (Å²) in [6, 6.07) is 9.64. The highest BCUT2D eigenvalue weighted by atomic mass is 127. The monoisotopic (exact) mass is 485 g/mol. The molecule has 1 aliphatic heterocycles. The van der Waals surface area contributed by atoms with Gasteiger partial charge in [-0.2, -0.15) is 0 Å². The number of sulfone groups is 1. The maximum atomic E-state index is 12.0. The van der Waals surface area contributed by atoms with Gasteiger partial charge in [0, 0.05) is 41.9 Å². The van der Waals surface area contributed by atoms with E-state index in [-0.39, 0.29) is 41.5 Å². The molecule has 0 spiro atoms. The molecule has 2 N–H and O–H groups in total. The summed E-state index contributed by atoms with van der Waals surface area (Å²) in [5.41, 5.74) is 1.06. The summed E-state index contributed by atoms with van der Waals surface area (Å²) in [6.07, 6.45) is 0.600. The van der Waals surface area contributed by atoms with Crippen molar-refractivity contribution in [3.8, 4) is 0 Å². The van der Waals surface area contributed by atoms with Gasteiger partial charge in [-0.3, -0.25) is 9.20 Å². The molecule has 0 amide bonds. The lowest BCUT2D eigenvalue weighted by molar-refractivity contribution is 0.599. The van der Waals surface area contributed by atoms with Crippen LogP contribution in [-0.4, -0.2) is 55.5 Å². The number of hydrogen-bond acceptors (Lipinski definition) is 4. The highest BCUT2D eigenvalue weighted by Crippen LogP contribution is 2.10. The molecular weight excluding hydrogens is 461 g/mol. The molecule has 9 heteroatoms. The van der Waals surface area contributed by atoms with Crippen molar-refractivity contribution >= 4 is 50.6 Å². The van der Waals surface area contributed by atoms with Gasteiger partial charge >= 0.3 is 0 Å². The number of guanidine groups is 1. The van der Waals surface area contributed by atoms with Gasteiger partial charge in [-0.1, -0.05) is 30.3 Å². The number of aliphatic imine (C=N–C) groups is 1. The first-order chi connectivity index (χ1) is 11.0. The third-order valence-electron chi connectivity index (χ3n) is 3.59. The van der Waals surface area contributed by atoms with Gasteiger partial charge in [-0.15, -0.1) is 24.0 Å². The van der Waals surface area contributed by atoms with Crippen LogP contribution in [0.4, 0.5) is 0 Å². The van der Waals surface area contributed by atoms with E-state index < -0.39 is 20.6 Å². The summed E-state index contributed by atoms with van der Waals surface area (Å²) >= 11 is 0. The molecule has 6 nitrogen and oxygen atoms in total. The van der Waals surface area contributed by atoms with Gasteiger partial charge in [-0.05, 0) is 12.0 Å². The predicted molar refractivity (Wildman–Crippen MR) is 110 cm³/mol. The number of benzene rings is 1. The molecule has 1 aromatic rings. The van der Waals surface area contributed by atoms with Crippen molar-refractivity contribution in [1.29, 1.82) is 0 Å². The minimum absolute atomic E-state index is 0. The second-order valence-corrected chi connectivity index (χ2v) is 9.32. The molecule has 0 aromatic heterocycles. The van der Waals surface area contributed by atoms with Crippen LogP contribution in [0, 0.1) is 0 Å². The Bertz CT molecular complexity index is 666. The summed E-state index contributed by atoms with van der Waals surface area (Å²) in [6.45, 7) is 0.526. The SMILES string of the molecule is CN=C(NCCS(=O)Cc1ccccc1)NC1CCS(=O)(=O)C1.I. The van der Waals surface area contributed by atoms with Crippen LogP contribution in [0.1, 0.15) is 12.0 Å². The van der Waals surface area contributed by atoms with Crippen molar-refractivity contribution in [1.82, 2.24) is 10.6 Å². The summed E-state index contributed by atoms with van der Waals surface area (Å²) in [5.74, 6) is 1.98. The molecule has 136 valence electrons. The van der Waals surface area contributed by atoms with E-state index in [0.717, 1.165) is 5.56 Å². The Kier molecular flexibility index (Phi) is 9.21. The number of nitrogens with zero attached hydrogens (tertiary/aromatic N) is 1. The van der Waals surface area contributed by atoms with Crippen LogP contribution in [0.2, 0.25) is 0 Å². The predicted octanol–water partition coefficient (Wildman–Crippen LogP) is 0.905. The average molecular weight is 485 g/mol. The zero-order chi connectivity index (χ0) is 16.7. The van der Waals surface area contributed by atoms with E-state index >= 15 is 0 Å². The third-order valence-corrected chi connectivity index (χ3v) is 6.67. The lowest BCUT2D eigenvalue weighted by Gasteiger charge is -2.15. The normalized spacial score (nSPS) is 20.9. The molecule has 0 radical (unpaired) electrons. The summed E-state index contributed by atoms with van der Waals surface area (Å²) < 4.78 is 34.9. The van der Waals surface area contributed by atoms with Crippen molar-refractivity contribution in [3.05, 3.63) is 35.9 Å². The Morgan fingerprint density at radius 1 is 1.33 bits per heavy atom. The van der Waals surface area contributed by atoms with E-state index in [1.165, 1.54) is 0 Å². The summed E-state index contributed by atoms with van der Waals surface area (Å²) in [4.78, 5) is 4.08. The summed E-state index contributed by atoms with van der Waals surface area (Å²) in [5, 5.41) is 6.20. The fraction of sp³-hybridized carbons (Fsp3) is 0.533. The minimum Gasteiger partial charge on any atom is -0.355 e. The van der Waals surface area contributed by atoms with Crippen LogP contribution in [0.15, 0.2) is 35.3 Å². The molecule has 1 aromatic carbocycles. The lowest BCUT2D eigenvalue weighted by Crippen LogP contribution is -2.45. The van der Waals surface area contributed by atoms with Gasteiger partial charge in [0.15, 0.2) is 15.8 Å². The molecule has 2 rings (SSSR count). The van der Waals surface area contributed by atoms with Gasteiger partial charge < -0.3 is 10.6 Å². The second-order valence-electron chi connectivity index (χ2n) is 5.52. The molecule has 1 saturated heterocycles. The van der Waals surface area contributed by atoms with E-state index in [2.05, 4.69) is 15.6 Å². The first-order valence-corrected chi connectivity index (χ1v) is 10.9. The Labute approximate surface area is 163 Å². The highest BCUT2D eigenvalue weighted by molar-refractivity contribution is 14.0. The van der Waals surface area contributed by atoms with Crippen LogP contribution in [0.3, 0.4) is 0 Å². The van der Waals surface area contributed by atoms with Crippen molar-refractivity contribution in [2.45, 2.75) is 18.2 Å². The van der Waals surface area contributed by atoms with E-state index in [0.29, 0.717) is 30.4 Å². The molecule has 24 heavy (non-hydrogen) atoms. The Morgan fingerprint density at radius 3 is 2.62 bits per heavy atom. The minimum atomic E-state index is -2.91. The first kappa shape index (κ1) is 21.4. The number of hydrogen-bond donors (Lipinski definition) is 2. The molecule has 1 aliphatic rings. The number of halogens is 1. The quantitative estimate of drug-likeness (QED) is 0.356. The van der Waals surface area contributed by atoms with Crippen LogP contribution < -0.4 is 10.6 Å². The second kappa shape index (κ2) is 10.3. The molecule has 2 unspecified atom stereocenters. The molecule has 0 aliphatic carbocycles. The maximum Gasteiger partial charge on any atom is 0.191 e. The molecule has 0 bridgehead atoms.